The summed E-state index contributed by atoms with van der Waals surface area (Å²) in [4.78, 5) is 3.83. The molecule has 0 saturated heterocycles. The van der Waals surface area contributed by atoms with Gasteiger partial charge in [-0.15, -0.1) is 11.3 Å². The second-order valence-electron chi connectivity index (χ2n) is 3.54. The van der Waals surface area contributed by atoms with Crippen LogP contribution in [0.4, 0.5) is 0 Å². The van der Waals surface area contributed by atoms with Crippen LogP contribution in [0.15, 0.2) is 11.4 Å². The summed E-state index contributed by atoms with van der Waals surface area (Å²) in [6.07, 6.45) is 1.44. The van der Waals surface area contributed by atoms with Gasteiger partial charge in [0, 0.05) is 25.1 Å². The summed E-state index contributed by atoms with van der Waals surface area (Å²) >= 11 is 1.85. The van der Waals surface area contributed by atoms with Gasteiger partial charge in [-0.25, -0.2) is 0 Å². The minimum absolute atomic E-state index is 0.272. The van der Waals surface area contributed by atoms with Gasteiger partial charge in [-0.1, -0.05) is 0 Å². The van der Waals surface area contributed by atoms with Gasteiger partial charge in [0.25, 0.3) is 0 Å². The Hall–Kier alpha value is -0.380. The zero-order valence-corrected chi connectivity index (χ0v) is 8.93. The van der Waals surface area contributed by atoms with Gasteiger partial charge in [-0.3, -0.25) is 0 Å². The normalized spacial score (nSPS) is 24.0. The van der Waals surface area contributed by atoms with E-state index in [0.29, 0.717) is 0 Å². The van der Waals surface area contributed by atoms with E-state index >= 15 is 0 Å². The summed E-state index contributed by atoms with van der Waals surface area (Å²) in [7, 11) is 3.95. The third kappa shape index (κ3) is 1.77. The van der Waals surface area contributed by atoms with Gasteiger partial charge in [0.05, 0.1) is 6.10 Å². The molecule has 0 radical (unpaired) electrons. The predicted octanol–water partition coefficient (Wildman–Crippen LogP) is 1.92. The predicted molar refractivity (Wildman–Crippen MR) is 55.3 cm³/mol. The standard InChI is InChI=1S/C10H15NOS/c1-11-5-3-10-8(4-6-13-10)9(7-11)12-2/h4,6,9H,3,5,7H2,1-2H3/t9-/m0/s1. The number of likely N-dealkylation sites (N-methyl/N-ethyl adjacent to an activating group) is 1. The lowest BCUT2D eigenvalue weighted by Crippen LogP contribution is -2.24. The minimum atomic E-state index is 0.272. The molecule has 0 unspecified atom stereocenters. The number of nitrogens with zero attached hydrogens (tertiary/aromatic N) is 1. The summed E-state index contributed by atoms with van der Waals surface area (Å²) in [5, 5.41) is 2.17. The van der Waals surface area contributed by atoms with Crippen molar-refractivity contribution in [3.8, 4) is 0 Å². The maximum absolute atomic E-state index is 5.49. The molecule has 0 N–H and O–H groups in total. The van der Waals surface area contributed by atoms with Crippen molar-refractivity contribution in [2.24, 2.45) is 0 Å². The monoisotopic (exact) mass is 197 g/mol. The molecule has 1 aliphatic heterocycles. The Bertz CT molecular complexity index is 284. The van der Waals surface area contributed by atoms with E-state index in [0.717, 1.165) is 13.1 Å². The quantitative estimate of drug-likeness (QED) is 0.682. The van der Waals surface area contributed by atoms with Gasteiger partial charge in [-0.2, -0.15) is 0 Å². The molecule has 2 heterocycles. The Balaban J connectivity index is 2.28. The Morgan fingerprint density at radius 1 is 1.62 bits per heavy atom. The van der Waals surface area contributed by atoms with Crippen molar-refractivity contribution in [1.82, 2.24) is 4.90 Å². The average molecular weight is 197 g/mol. The van der Waals surface area contributed by atoms with E-state index in [2.05, 4.69) is 23.4 Å². The summed E-state index contributed by atoms with van der Waals surface area (Å²) in [6.45, 7) is 2.16. The molecule has 3 heteroatoms. The Kier molecular flexibility index (Phi) is 2.67. The van der Waals surface area contributed by atoms with Crippen molar-refractivity contribution in [2.45, 2.75) is 12.5 Å². The zero-order chi connectivity index (χ0) is 9.26. The van der Waals surface area contributed by atoms with Crippen molar-refractivity contribution in [3.63, 3.8) is 0 Å². The molecular formula is C10H15NOS. The van der Waals surface area contributed by atoms with Gasteiger partial charge in [0.1, 0.15) is 0 Å². The second-order valence-corrected chi connectivity index (χ2v) is 4.54. The largest absolute Gasteiger partial charge is 0.375 e. The topological polar surface area (TPSA) is 12.5 Å². The fourth-order valence-electron chi connectivity index (χ4n) is 1.81. The number of hydrogen-bond donors (Lipinski definition) is 0. The molecule has 1 aliphatic rings. The zero-order valence-electron chi connectivity index (χ0n) is 8.12. The maximum atomic E-state index is 5.49. The number of hydrogen-bond acceptors (Lipinski definition) is 3. The molecule has 0 aromatic carbocycles. The lowest BCUT2D eigenvalue weighted by atomic mass is 10.1. The van der Waals surface area contributed by atoms with Crippen LogP contribution in [0, 0.1) is 0 Å². The number of fused-ring (bicyclic) bond motifs is 1. The molecule has 1 aromatic rings. The van der Waals surface area contributed by atoms with Crippen LogP contribution in [0.1, 0.15) is 16.5 Å². The molecular weight excluding hydrogens is 182 g/mol. The van der Waals surface area contributed by atoms with Gasteiger partial charge < -0.3 is 9.64 Å². The third-order valence-electron chi connectivity index (χ3n) is 2.61. The molecule has 72 valence electrons. The molecule has 1 atom stereocenters. The van der Waals surface area contributed by atoms with Gasteiger partial charge in [-0.05, 0) is 30.5 Å². The van der Waals surface area contributed by atoms with Gasteiger partial charge in [0.2, 0.25) is 0 Å². The van der Waals surface area contributed by atoms with Crippen LogP contribution in [0.5, 0.6) is 0 Å². The van der Waals surface area contributed by atoms with Crippen molar-refractivity contribution >= 4 is 11.3 Å². The molecule has 13 heavy (non-hydrogen) atoms. The van der Waals surface area contributed by atoms with E-state index in [-0.39, 0.29) is 6.10 Å². The van der Waals surface area contributed by atoms with Gasteiger partial charge in [0.15, 0.2) is 0 Å². The first-order chi connectivity index (χ1) is 6.31. The summed E-state index contributed by atoms with van der Waals surface area (Å²) in [5.74, 6) is 0. The highest BCUT2D eigenvalue weighted by atomic mass is 32.1. The van der Waals surface area contributed by atoms with Crippen LogP contribution in [0.3, 0.4) is 0 Å². The van der Waals surface area contributed by atoms with Gasteiger partial charge >= 0.3 is 0 Å². The van der Waals surface area contributed by atoms with Crippen molar-refractivity contribution in [1.29, 1.82) is 0 Å². The number of thiophene rings is 1. The lowest BCUT2D eigenvalue weighted by molar-refractivity contribution is 0.0763. The van der Waals surface area contributed by atoms with Crippen molar-refractivity contribution < 1.29 is 4.74 Å². The summed E-state index contributed by atoms with van der Waals surface area (Å²) < 4.78 is 5.49. The molecule has 2 rings (SSSR count). The lowest BCUT2D eigenvalue weighted by Gasteiger charge is -2.18. The van der Waals surface area contributed by atoms with Crippen LogP contribution in [-0.4, -0.2) is 32.1 Å². The number of methoxy groups -OCH3 is 1. The molecule has 1 aromatic heterocycles. The molecule has 0 spiro atoms. The number of ether oxygens (including phenoxy) is 1. The van der Waals surface area contributed by atoms with E-state index < -0.39 is 0 Å². The SMILES string of the molecule is CO[C@H]1CN(C)CCc2sccc21. The van der Waals surface area contributed by atoms with E-state index in [9.17, 15) is 0 Å². The summed E-state index contributed by atoms with van der Waals surface area (Å²) in [5.41, 5.74) is 1.40. The molecule has 0 saturated carbocycles. The van der Waals surface area contributed by atoms with E-state index in [1.54, 1.807) is 7.11 Å². The van der Waals surface area contributed by atoms with Crippen LogP contribution in [-0.2, 0) is 11.2 Å². The van der Waals surface area contributed by atoms with Crippen LogP contribution in [0.2, 0.25) is 0 Å². The van der Waals surface area contributed by atoms with E-state index in [1.807, 2.05) is 11.3 Å². The van der Waals surface area contributed by atoms with Crippen molar-refractivity contribution in [3.05, 3.63) is 21.9 Å². The van der Waals surface area contributed by atoms with E-state index in [4.69, 9.17) is 4.74 Å². The Labute approximate surface area is 83.1 Å². The summed E-state index contributed by atoms with van der Waals surface area (Å²) in [6, 6.07) is 2.20. The number of rotatable bonds is 1. The highest BCUT2D eigenvalue weighted by Crippen LogP contribution is 2.29. The molecule has 2 nitrogen and oxygen atoms in total. The fraction of sp³-hybridized carbons (Fsp3) is 0.600. The fourth-order valence-corrected chi connectivity index (χ4v) is 2.73. The average Bonchev–Trinajstić information content (AvgIpc) is 2.53. The highest BCUT2D eigenvalue weighted by molar-refractivity contribution is 7.10. The first kappa shape index (κ1) is 9.19. The third-order valence-corrected chi connectivity index (χ3v) is 3.61. The minimum Gasteiger partial charge on any atom is -0.375 e. The van der Waals surface area contributed by atoms with Crippen LogP contribution < -0.4 is 0 Å². The highest BCUT2D eigenvalue weighted by Gasteiger charge is 2.21. The molecule has 0 fully saturated rings. The van der Waals surface area contributed by atoms with Crippen LogP contribution >= 0.6 is 11.3 Å². The molecule has 0 amide bonds. The first-order valence-corrected chi connectivity index (χ1v) is 5.47. The van der Waals surface area contributed by atoms with Crippen molar-refractivity contribution in [2.75, 3.05) is 27.2 Å². The van der Waals surface area contributed by atoms with Crippen LogP contribution in [0.25, 0.3) is 0 Å². The molecule has 0 bridgehead atoms. The molecule has 0 aliphatic carbocycles. The smallest absolute Gasteiger partial charge is 0.0958 e. The Morgan fingerprint density at radius 2 is 2.46 bits per heavy atom. The first-order valence-electron chi connectivity index (χ1n) is 4.59. The second kappa shape index (κ2) is 3.78. The van der Waals surface area contributed by atoms with E-state index in [1.165, 1.54) is 16.9 Å². The maximum Gasteiger partial charge on any atom is 0.0958 e. The Morgan fingerprint density at radius 3 is 3.23 bits per heavy atom.